The van der Waals surface area contributed by atoms with Crippen LogP contribution in [0.3, 0.4) is 0 Å². The predicted molar refractivity (Wildman–Crippen MR) is 82.1 cm³/mol. The molecule has 18 heavy (non-hydrogen) atoms. The Hall–Kier alpha value is -0.840. The van der Waals surface area contributed by atoms with Crippen molar-refractivity contribution in [1.29, 1.82) is 0 Å². The highest BCUT2D eigenvalue weighted by atomic mass is 32.2. The first-order chi connectivity index (χ1) is 8.83. The molecule has 1 aromatic heterocycles. The Labute approximate surface area is 117 Å². The average molecular weight is 278 g/mol. The van der Waals surface area contributed by atoms with Gasteiger partial charge in [-0.05, 0) is 23.9 Å². The molecule has 2 N–H and O–H groups in total. The van der Waals surface area contributed by atoms with Gasteiger partial charge in [0.05, 0.1) is 5.69 Å². The summed E-state index contributed by atoms with van der Waals surface area (Å²) in [5, 5.41) is 3.21. The third-order valence-corrected chi connectivity index (χ3v) is 4.48. The molecular formula is C14H18N2S2. The number of thioether (sulfide) groups is 1. The molecule has 0 fully saturated rings. The standard InChI is InChI=1S/C14H18N2S2/c1-2-17-9-11-4-3-5-12(8-11)14-16-13(6-7-15)10-18-14/h3-5,8,10H,2,6-7,9,15H2,1H3. The van der Waals surface area contributed by atoms with E-state index in [1.165, 1.54) is 11.1 Å². The molecule has 0 aliphatic heterocycles. The van der Waals surface area contributed by atoms with E-state index < -0.39 is 0 Å². The predicted octanol–water partition coefficient (Wildman–Crippen LogP) is 3.56. The van der Waals surface area contributed by atoms with Gasteiger partial charge in [-0.15, -0.1) is 11.3 Å². The summed E-state index contributed by atoms with van der Waals surface area (Å²) in [6, 6.07) is 8.67. The van der Waals surface area contributed by atoms with Crippen molar-refractivity contribution in [3.63, 3.8) is 0 Å². The van der Waals surface area contributed by atoms with Crippen molar-refractivity contribution in [3.05, 3.63) is 40.9 Å². The van der Waals surface area contributed by atoms with Crippen LogP contribution in [0.1, 0.15) is 18.2 Å². The Bertz CT molecular complexity index is 494. The molecule has 0 atom stereocenters. The van der Waals surface area contributed by atoms with E-state index in [9.17, 15) is 0 Å². The zero-order valence-electron chi connectivity index (χ0n) is 10.6. The summed E-state index contributed by atoms with van der Waals surface area (Å²) in [4.78, 5) is 4.62. The Kier molecular flexibility index (Phi) is 5.23. The highest BCUT2D eigenvalue weighted by Crippen LogP contribution is 2.25. The van der Waals surface area contributed by atoms with E-state index in [0.717, 1.165) is 28.6 Å². The van der Waals surface area contributed by atoms with E-state index in [1.807, 2.05) is 11.8 Å². The van der Waals surface area contributed by atoms with E-state index in [4.69, 9.17) is 5.73 Å². The third kappa shape index (κ3) is 3.57. The van der Waals surface area contributed by atoms with Crippen molar-refractivity contribution in [1.82, 2.24) is 4.98 Å². The van der Waals surface area contributed by atoms with Crippen LogP contribution < -0.4 is 5.73 Å². The quantitative estimate of drug-likeness (QED) is 0.878. The number of thiazole rings is 1. The molecule has 1 aromatic carbocycles. The lowest BCUT2D eigenvalue weighted by atomic mass is 10.1. The van der Waals surface area contributed by atoms with Crippen molar-refractivity contribution >= 4 is 23.1 Å². The summed E-state index contributed by atoms with van der Waals surface area (Å²) >= 11 is 3.65. The zero-order chi connectivity index (χ0) is 12.8. The molecule has 0 unspecified atom stereocenters. The van der Waals surface area contributed by atoms with Gasteiger partial charge >= 0.3 is 0 Å². The topological polar surface area (TPSA) is 38.9 Å². The van der Waals surface area contributed by atoms with Gasteiger partial charge in [0, 0.05) is 23.1 Å². The molecule has 4 heteroatoms. The van der Waals surface area contributed by atoms with E-state index in [-0.39, 0.29) is 0 Å². The molecule has 2 rings (SSSR count). The van der Waals surface area contributed by atoms with E-state index in [2.05, 4.69) is 41.6 Å². The molecule has 0 spiro atoms. The molecule has 96 valence electrons. The summed E-state index contributed by atoms with van der Waals surface area (Å²) in [5.41, 5.74) is 9.24. The molecule has 0 saturated heterocycles. The fraction of sp³-hybridized carbons (Fsp3) is 0.357. The highest BCUT2D eigenvalue weighted by molar-refractivity contribution is 7.98. The molecule has 2 aromatic rings. The van der Waals surface area contributed by atoms with E-state index in [0.29, 0.717) is 6.54 Å². The first-order valence-corrected chi connectivity index (χ1v) is 8.18. The maximum absolute atomic E-state index is 5.55. The van der Waals surface area contributed by atoms with Crippen LogP contribution in [0, 0.1) is 0 Å². The second kappa shape index (κ2) is 6.92. The van der Waals surface area contributed by atoms with Crippen molar-refractivity contribution in [2.45, 2.75) is 19.1 Å². The minimum absolute atomic E-state index is 0.663. The van der Waals surface area contributed by atoms with Crippen LogP contribution in [0.2, 0.25) is 0 Å². The van der Waals surface area contributed by atoms with Gasteiger partial charge in [0.1, 0.15) is 5.01 Å². The Morgan fingerprint density at radius 3 is 3.06 bits per heavy atom. The number of nitrogens with zero attached hydrogens (tertiary/aromatic N) is 1. The number of hydrogen-bond donors (Lipinski definition) is 1. The van der Waals surface area contributed by atoms with Crippen LogP contribution in [0.25, 0.3) is 10.6 Å². The van der Waals surface area contributed by atoms with Gasteiger partial charge in [-0.1, -0.05) is 25.1 Å². The van der Waals surface area contributed by atoms with Crippen LogP contribution in [-0.2, 0) is 12.2 Å². The summed E-state index contributed by atoms with van der Waals surface area (Å²) < 4.78 is 0. The van der Waals surface area contributed by atoms with Crippen LogP contribution in [-0.4, -0.2) is 17.3 Å². The Morgan fingerprint density at radius 2 is 2.28 bits per heavy atom. The maximum atomic E-state index is 5.55. The number of benzene rings is 1. The lowest BCUT2D eigenvalue weighted by molar-refractivity contribution is 0.936. The smallest absolute Gasteiger partial charge is 0.123 e. The van der Waals surface area contributed by atoms with Crippen LogP contribution in [0.15, 0.2) is 29.6 Å². The lowest BCUT2D eigenvalue weighted by Crippen LogP contribution is -2.02. The van der Waals surface area contributed by atoms with Crippen LogP contribution >= 0.6 is 23.1 Å². The van der Waals surface area contributed by atoms with Crippen LogP contribution in [0.5, 0.6) is 0 Å². The lowest BCUT2D eigenvalue weighted by Gasteiger charge is -2.02. The molecular weight excluding hydrogens is 260 g/mol. The van der Waals surface area contributed by atoms with Gasteiger partial charge in [0.25, 0.3) is 0 Å². The summed E-state index contributed by atoms with van der Waals surface area (Å²) in [7, 11) is 0. The molecule has 1 heterocycles. The number of aromatic nitrogens is 1. The van der Waals surface area contributed by atoms with Crippen molar-refractivity contribution < 1.29 is 0 Å². The number of nitrogens with two attached hydrogens (primary N) is 1. The molecule has 0 radical (unpaired) electrons. The van der Waals surface area contributed by atoms with Crippen molar-refractivity contribution in [2.24, 2.45) is 5.73 Å². The molecule has 0 aliphatic rings. The minimum Gasteiger partial charge on any atom is -0.330 e. The van der Waals surface area contributed by atoms with E-state index in [1.54, 1.807) is 11.3 Å². The summed E-state index contributed by atoms with van der Waals surface area (Å²) in [6.07, 6.45) is 0.863. The van der Waals surface area contributed by atoms with Crippen molar-refractivity contribution in [2.75, 3.05) is 12.3 Å². The Morgan fingerprint density at radius 1 is 1.39 bits per heavy atom. The van der Waals surface area contributed by atoms with E-state index >= 15 is 0 Å². The maximum Gasteiger partial charge on any atom is 0.123 e. The molecule has 0 aliphatic carbocycles. The average Bonchev–Trinajstić information content (AvgIpc) is 2.86. The second-order valence-electron chi connectivity index (χ2n) is 4.02. The third-order valence-electron chi connectivity index (χ3n) is 2.60. The molecule has 0 saturated carbocycles. The summed E-state index contributed by atoms with van der Waals surface area (Å²) in [6.45, 7) is 2.85. The second-order valence-corrected chi connectivity index (χ2v) is 6.15. The van der Waals surface area contributed by atoms with Crippen LogP contribution in [0.4, 0.5) is 0 Å². The first-order valence-electron chi connectivity index (χ1n) is 6.15. The Balaban J connectivity index is 2.15. The molecule has 2 nitrogen and oxygen atoms in total. The monoisotopic (exact) mass is 278 g/mol. The molecule has 0 bridgehead atoms. The van der Waals surface area contributed by atoms with Gasteiger partial charge in [-0.2, -0.15) is 11.8 Å². The van der Waals surface area contributed by atoms with Gasteiger partial charge in [0.15, 0.2) is 0 Å². The van der Waals surface area contributed by atoms with Gasteiger partial charge in [-0.25, -0.2) is 4.98 Å². The molecule has 0 amide bonds. The van der Waals surface area contributed by atoms with Gasteiger partial charge < -0.3 is 5.73 Å². The SMILES string of the molecule is CCSCc1cccc(-c2nc(CCN)cs2)c1. The summed E-state index contributed by atoms with van der Waals surface area (Å²) in [5.74, 6) is 2.23. The number of hydrogen-bond acceptors (Lipinski definition) is 4. The number of rotatable bonds is 6. The first kappa shape index (κ1) is 13.6. The fourth-order valence-corrected chi connectivity index (χ4v) is 3.19. The van der Waals surface area contributed by atoms with Gasteiger partial charge in [-0.3, -0.25) is 0 Å². The fourth-order valence-electron chi connectivity index (χ4n) is 1.72. The minimum atomic E-state index is 0.663. The largest absolute Gasteiger partial charge is 0.330 e. The highest BCUT2D eigenvalue weighted by Gasteiger charge is 2.05. The van der Waals surface area contributed by atoms with Gasteiger partial charge in [0.2, 0.25) is 0 Å². The van der Waals surface area contributed by atoms with Crippen molar-refractivity contribution in [3.8, 4) is 10.6 Å². The normalized spacial score (nSPS) is 10.8. The zero-order valence-corrected chi connectivity index (χ0v) is 12.2.